The first-order valence-electron chi connectivity index (χ1n) is 6.08. The van der Waals surface area contributed by atoms with E-state index in [1.165, 1.54) is 0 Å². The molecule has 2 rings (SSSR count). The van der Waals surface area contributed by atoms with Crippen molar-refractivity contribution in [2.45, 2.75) is 12.5 Å². The minimum atomic E-state index is -0.379. The molecule has 0 fully saturated rings. The van der Waals surface area contributed by atoms with Crippen LogP contribution >= 0.6 is 43.5 Å². The van der Waals surface area contributed by atoms with Crippen molar-refractivity contribution in [1.82, 2.24) is 5.32 Å². The molecule has 0 heterocycles. The molecule has 0 aliphatic heterocycles. The highest BCUT2D eigenvalue weighted by Crippen LogP contribution is 2.31. The van der Waals surface area contributed by atoms with E-state index in [1.807, 2.05) is 31.3 Å². The van der Waals surface area contributed by atoms with E-state index in [4.69, 9.17) is 11.6 Å². The molecule has 0 saturated heterocycles. The van der Waals surface area contributed by atoms with Crippen molar-refractivity contribution in [1.29, 1.82) is 0 Å². The van der Waals surface area contributed by atoms with Crippen molar-refractivity contribution in [2.75, 3.05) is 7.05 Å². The Balaban J connectivity index is 2.31. The number of rotatable bonds is 4. The average molecular weight is 422 g/mol. The van der Waals surface area contributed by atoms with Gasteiger partial charge in [0, 0.05) is 20.6 Å². The average Bonchev–Trinajstić information content (AvgIpc) is 2.43. The van der Waals surface area contributed by atoms with Gasteiger partial charge in [-0.2, -0.15) is 0 Å². The second-order valence-electron chi connectivity index (χ2n) is 4.44. The molecular weight excluding hydrogens is 408 g/mol. The van der Waals surface area contributed by atoms with Crippen LogP contribution in [0.15, 0.2) is 45.3 Å². The lowest BCUT2D eigenvalue weighted by atomic mass is 9.98. The Morgan fingerprint density at radius 3 is 2.65 bits per heavy atom. The van der Waals surface area contributed by atoms with Crippen LogP contribution in [0, 0.1) is 5.82 Å². The van der Waals surface area contributed by atoms with Gasteiger partial charge in [0.25, 0.3) is 0 Å². The van der Waals surface area contributed by atoms with Gasteiger partial charge < -0.3 is 5.32 Å². The fourth-order valence-corrected chi connectivity index (χ4v) is 3.00. The molecule has 20 heavy (non-hydrogen) atoms. The zero-order chi connectivity index (χ0) is 14.7. The van der Waals surface area contributed by atoms with E-state index < -0.39 is 0 Å². The smallest absolute Gasteiger partial charge is 0.147 e. The molecule has 106 valence electrons. The van der Waals surface area contributed by atoms with Gasteiger partial charge in [0.1, 0.15) is 5.82 Å². The highest BCUT2D eigenvalue weighted by atomic mass is 79.9. The van der Waals surface area contributed by atoms with Crippen LogP contribution in [-0.4, -0.2) is 7.05 Å². The Morgan fingerprint density at radius 1 is 1.25 bits per heavy atom. The fraction of sp³-hybridized carbons (Fsp3) is 0.200. The molecule has 0 aromatic heterocycles. The van der Waals surface area contributed by atoms with E-state index in [0.29, 0.717) is 16.5 Å². The molecule has 0 bridgehead atoms. The standard InChI is InChI=1S/C15H13Br2ClFN/c1-20-13(8-9-3-2-4-10(16)7-9)11-5-6-12(17)14(18)15(11)19/h2-7,13,20H,8H2,1H3. The summed E-state index contributed by atoms with van der Waals surface area (Å²) in [5.74, 6) is -0.379. The summed E-state index contributed by atoms with van der Waals surface area (Å²) in [5, 5.41) is 3.27. The molecule has 5 heteroatoms. The fourth-order valence-electron chi connectivity index (χ4n) is 2.08. The molecule has 1 nitrogen and oxygen atoms in total. The molecule has 1 unspecified atom stereocenters. The molecular formula is C15H13Br2ClFN. The maximum atomic E-state index is 14.3. The second kappa shape index (κ2) is 7.03. The normalized spacial score (nSPS) is 12.4. The Bertz CT molecular complexity index is 619. The molecule has 0 radical (unpaired) electrons. The van der Waals surface area contributed by atoms with Crippen molar-refractivity contribution in [3.63, 3.8) is 0 Å². The van der Waals surface area contributed by atoms with E-state index in [0.717, 1.165) is 10.0 Å². The lowest BCUT2D eigenvalue weighted by Crippen LogP contribution is -2.20. The lowest BCUT2D eigenvalue weighted by Gasteiger charge is -2.18. The minimum absolute atomic E-state index is 0.122. The Kier molecular flexibility index (Phi) is 5.61. The first-order chi connectivity index (χ1) is 9.52. The van der Waals surface area contributed by atoms with Crippen LogP contribution in [0.5, 0.6) is 0 Å². The minimum Gasteiger partial charge on any atom is -0.313 e. The van der Waals surface area contributed by atoms with Gasteiger partial charge in [-0.15, -0.1) is 0 Å². The SMILES string of the molecule is CNC(Cc1cccc(Br)c1)c1ccc(Br)c(Cl)c1F. The van der Waals surface area contributed by atoms with Gasteiger partial charge in [-0.3, -0.25) is 0 Å². The van der Waals surface area contributed by atoms with Gasteiger partial charge in [0.15, 0.2) is 0 Å². The number of nitrogens with one attached hydrogen (secondary N) is 1. The molecule has 0 aliphatic rings. The zero-order valence-corrected chi connectivity index (χ0v) is 14.7. The van der Waals surface area contributed by atoms with E-state index in [-0.39, 0.29) is 16.9 Å². The Labute approximate surface area is 139 Å². The van der Waals surface area contributed by atoms with Crippen LogP contribution < -0.4 is 5.32 Å². The zero-order valence-electron chi connectivity index (χ0n) is 10.8. The summed E-state index contributed by atoms with van der Waals surface area (Å²) in [6.07, 6.45) is 0.685. The summed E-state index contributed by atoms with van der Waals surface area (Å²) in [6, 6.07) is 11.4. The number of benzene rings is 2. The third kappa shape index (κ3) is 3.61. The lowest BCUT2D eigenvalue weighted by molar-refractivity contribution is 0.534. The van der Waals surface area contributed by atoms with Gasteiger partial charge in [-0.1, -0.05) is 45.7 Å². The number of hydrogen-bond acceptors (Lipinski definition) is 1. The first kappa shape index (κ1) is 16.0. The highest BCUT2D eigenvalue weighted by molar-refractivity contribution is 9.10. The predicted molar refractivity (Wildman–Crippen MR) is 88.8 cm³/mol. The third-order valence-electron chi connectivity index (χ3n) is 3.12. The van der Waals surface area contributed by atoms with Crippen LogP contribution in [0.3, 0.4) is 0 Å². The molecule has 0 aliphatic carbocycles. The summed E-state index contributed by atoms with van der Waals surface area (Å²) >= 11 is 12.6. The maximum absolute atomic E-state index is 14.3. The van der Waals surface area contributed by atoms with Gasteiger partial charge in [0.2, 0.25) is 0 Å². The second-order valence-corrected chi connectivity index (χ2v) is 6.59. The molecule has 2 aromatic rings. The van der Waals surface area contributed by atoms with Crippen molar-refractivity contribution in [2.24, 2.45) is 0 Å². The monoisotopic (exact) mass is 419 g/mol. The van der Waals surface area contributed by atoms with E-state index in [9.17, 15) is 4.39 Å². The highest BCUT2D eigenvalue weighted by Gasteiger charge is 2.18. The van der Waals surface area contributed by atoms with Crippen molar-refractivity contribution < 1.29 is 4.39 Å². The van der Waals surface area contributed by atoms with Gasteiger partial charge in [-0.25, -0.2) is 4.39 Å². The molecule has 1 atom stereocenters. The van der Waals surface area contributed by atoms with Crippen LogP contribution in [0.1, 0.15) is 17.2 Å². The van der Waals surface area contributed by atoms with E-state index >= 15 is 0 Å². The molecule has 1 N–H and O–H groups in total. The summed E-state index contributed by atoms with van der Waals surface area (Å²) in [7, 11) is 1.82. The van der Waals surface area contributed by atoms with Crippen LogP contribution in [-0.2, 0) is 6.42 Å². The topological polar surface area (TPSA) is 12.0 Å². The summed E-state index contributed by atoms with van der Waals surface area (Å²) in [4.78, 5) is 0. The maximum Gasteiger partial charge on any atom is 0.147 e. The predicted octanol–water partition coefficient (Wildman–Crippen LogP) is 5.51. The number of likely N-dealkylation sites (N-methyl/N-ethyl adjacent to an activating group) is 1. The first-order valence-corrected chi connectivity index (χ1v) is 8.04. The summed E-state index contributed by atoms with van der Waals surface area (Å²) < 4.78 is 15.9. The molecule has 2 aromatic carbocycles. The third-order valence-corrected chi connectivity index (χ3v) is 4.87. The van der Waals surface area contributed by atoms with Gasteiger partial charge in [-0.05, 0) is 53.2 Å². The van der Waals surface area contributed by atoms with Crippen molar-refractivity contribution in [3.8, 4) is 0 Å². The summed E-state index contributed by atoms with van der Waals surface area (Å²) in [5.41, 5.74) is 1.69. The summed E-state index contributed by atoms with van der Waals surface area (Å²) in [6.45, 7) is 0. The van der Waals surface area contributed by atoms with Crippen LogP contribution in [0.2, 0.25) is 5.02 Å². The Hall–Kier alpha value is -0.420. The van der Waals surface area contributed by atoms with Crippen LogP contribution in [0.25, 0.3) is 0 Å². The largest absolute Gasteiger partial charge is 0.313 e. The molecule has 0 saturated carbocycles. The number of hydrogen-bond donors (Lipinski definition) is 1. The Morgan fingerprint density at radius 2 is 2.00 bits per heavy atom. The van der Waals surface area contributed by atoms with E-state index in [2.05, 4.69) is 37.2 Å². The quantitative estimate of drug-likeness (QED) is 0.642. The van der Waals surface area contributed by atoms with Gasteiger partial charge >= 0.3 is 0 Å². The van der Waals surface area contributed by atoms with Crippen molar-refractivity contribution in [3.05, 3.63) is 67.3 Å². The molecule has 0 amide bonds. The van der Waals surface area contributed by atoms with E-state index in [1.54, 1.807) is 12.1 Å². The number of halogens is 4. The van der Waals surface area contributed by atoms with Gasteiger partial charge in [0.05, 0.1) is 5.02 Å². The van der Waals surface area contributed by atoms with Crippen LogP contribution in [0.4, 0.5) is 4.39 Å². The van der Waals surface area contributed by atoms with Crippen molar-refractivity contribution >= 4 is 43.5 Å². The molecule has 0 spiro atoms.